The number of benzene rings is 4. The van der Waals surface area contributed by atoms with E-state index in [9.17, 15) is 24.9 Å². The predicted octanol–water partition coefficient (Wildman–Crippen LogP) is 11.5. The van der Waals surface area contributed by atoms with E-state index >= 15 is 4.79 Å². The molecule has 0 amide bonds. The lowest BCUT2D eigenvalue weighted by Gasteiger charge is -2.48. The monoisotopic (exact) mass is 1010 g/mol. The standard InChI is InChI=1S/C63H74O11/c1-39(36-65)49-25-21-40-19-22-41(23-20-40)50-26-24-43(42-13-12-18-48(34-42)63(30-10-5-11-31-63)47-16-6-4-7-17-47)33-45(50)35-54(67)71-58-56-53(74-62(2,46-14-8-9-15-46)59(58)73-60(49)68)28-27-51-52(37-66)55(61(69)72-57(51)56)44(29-32-64)38-70-3/h4,6-7,12-13,16-20,22-23,27-28,34,43-46,50,58-59,64-66H,5,8-11,14-15,21,24-26,29-33,35-38H2,1-3H3/b49-39-/t43-,44+,45+,50-,58+,59-,62-/m0/s1. The first-order valence-corrected chi connectivity index (χ1v) is 27.5. The van der Waals surface area contributed by atoms with Crippen molar-refractivity contribution in [2.24, 2.45) is 11.8 Å². The van der Waals surface area contributed by atoms with E-state index in [1.807, 2.05) is 6.92 Å². The fraction of sp³-hybridized carbons (Fsp3) is 0.508. The highest BCUT2D eigenvalue weighted by Gasteiger charge is 2.57. The SMILES string of the molecule is COC[C@@H](CCO)c1c(CO)c2ccc3c(c2oc1=O)[C@H]1OC(=O)C[C@H]2C[C@@H](c4cccc(C5(c6ccccc6)CCCCC5)c4)CC[C@H]2c2ccc(cc2)CC/C(=C(\C)CO)C(=O)O[C@@H]1[C@](C)(C1CCCC1)O3. The van der Waals surface area contributed by atoms with E-state index in [-0.39, 0.29) is 78.5 Å². The van der Waals surface area contributed by atoms with Gasteiger partial charge in [-0.2, -0.15) is 0 Å². The van der Waals surface area contributed by atoms with Crippen molar-refractivity contribution >= 4 is 22.9 Å². The van der Waals surface area contributed by atoms with E-state index in [1.165, 1.54) is 43.1 Å². The zero-order valence-corrected chi connectivity index (χ0v) is 43.5. The molecule has 5 aromatic rings. The summed E-state index contributed by atoms with van der Waals surface area (Å²) in [6.45, 7) is 2.67. The molecule has 3 fully saturated rings. The molecular weight excluding hydrogens is 933 g/mol. The third kappa shape index (κ3) is 9.90. The van der Waals surface area contributed by atoms with Gasteiger partial charge in [0.05, 0.1) is 25.4 Å². The molecule has 1 aromatic heterocycles. The quantitative estimate of drug-likeness (QED) is 0.0656. The summed E-state index contributed by atoms with van der Waals surface area (Å²) in [6.07, 6.45) is 10.5. The molecule has 0 saturated heterocycles. The van der Waals surface area contributed by atoms with Gasteiger partial charge in [-0.05, 0) is 147 Å². The number of ether oxygens (including phenoxy) is 4. The molecule has 3 aliphatic heterocycles. The Bertz CT molecular complexity index is 2880. The van der Waals surface area contributed by atoms with Crippen LogP contribution in [0.25, 0.3) is 11.0 Å². The van der Waals surface area contributed by atoms with Crippen molar-refractivity contribution in [1.29, 1.82) is 0 Å². The number of hydrogen-bond donors (Lipinski definition) is 3. The highest BCUT2D eigenvalue weighted by molar-refractivity contribution is 5.90. The average Bonchev–Trinajstić information content (AvgIpc) is 3.99. The van der Waals surface area contributed by atoms with Crippen LogP contribution in [0, 0.1) is 11.8 Å². The zero-order valence-electron chi connectivity index (χ0n) is 43.5. The Morgan fingerprint density at radius 2 is 1.55 bits per heavy atom. The highest BCUT2D eigenvalue weighted by atomic mass is 16.6. The van der Waals surface area contributed by atoms with Gasteiger partial charge in [-0.1, -0.05) is 111 Å². The van der Waals surface area contributed by atoms with E-state index in [1.54, 1.807) is 19.1 Å². The first-order chi connectivity index (χ1) is 36.0. The minimum atomic E-state index is -1.29. The molecule has 4 aromatic carbocycles. The molecule has 0 radical (unpaired) electrons. The molecule has 3 aliphatic carbocycles. The van der Waals surface area contributed by atoms with Crippen molar-refractivity contribution in [3.63, 3.8) is 0 Å². The maximum absolute atomic E-state index is 15.4. The van der Waals surface area contributed by atoms with Gasteiger partial charge in [0.1, 0.15) is 16.9 Å². The topological polar surface area (TPSA) is 162 Å². The summed E-state index contributed by atoms with van der Waals surface area (Å²) in [6, 6.07) is 32.4. The Morgan fingerprint density at radius 1 is 0.797 bits per heavy atom. The predicted molar refractivity (Wildman–Crippen MR) is 283 cm³/mol. The van der Waals surface area contributed by atoms with E-state index in [0.29, 0.717) is 40.7 Å². The molecule has 392 valence electrons. The molecule has 11 nitrogen and oxygen atoms in total. The zero-order chi connectivity index (χ0) is 51.6. The molecule has 3 N–H and O–H groups in total. The molecule has 0 spiro atoms. The van der Waals surface area contributed by atoms with Gasteiger partial charge in [0, 0.05) is 53.9 Å². The normalized spacial score (nSPS) is 26.5. The Morgan fingerprint density at radius 3 is 2.27 bits per heavy atom. The van der Waals surface area contributed by atoms with Gasteiger partial charge in [-0.15, -0.1) is 0 Å². The van der Waals surface area contributed by atoms with Crippen LogP contribution in [0.1, 0.15) is 179 Å². The maximum Gasteiger partial charge on any atom is 0.340 e. The van der Waals surface area contributed by atoms with Crippen LogP contribution in [0.15, 0.2) is 111 Å². The van der Waals surface area contributed by atoms with E-state index < -0.39 is 47.9 Å². The van der Waals surface area contributed by atoms with Gasteiger partial charge in [0.15, 0.2) is 12.2 Å². The fourth-order valence-electron chi connectivity index (χ4n) is 14.2. The van der Waals surface area contributed by atoms with Crippen LogP contribution in [-0.2, 0) is 42.2 Å². The van der Waals surface area contributed by atoms with E-state index in [4.69, 9.17) is 23.4 Å². The van der Waals surface area contributed by atoms with Crippen LogP contribution in [0.4, 0.5) is 0 Å². The molecule has 3 saturated carbocycles. The lowest BCUT2D eigenvalue weighted by atomic mass is 9.64. The van der Waals surface area contributed by atoms with E-state index in [0.717, 1.165) is 68.9 Å². The summed E-state index contributed by atoms with van der Waals surface area (Å²) in [5.74, 6) is -1.30. The summed E-state index contributed by atoms with van der Waals surface area (Å²) >= 11 is 0. The minimum Gasteiger partial charge on any atom is -0.483 e. The summed E-state index contributed by atoms with van der Waals surface area (Å²) in [5, 5.41) is 32.0. The van der Waals surface area contributed by atoms with E-state index in [2.05, 4.69) is 78.9 Å². The van der Waals surface area contributed by atoms with Crippen LogP contribution < -0.4 is 10.4 Å². The first-order valence-electron chi connectivity index (χ1n) is 27.5. The molecule has 11 rings (SSSR count). The summed E-state index contributed by atoms with van der Waals surface area (Å²) in [5.41, 5.74) is 5.89. The molecule has 0 unspecified atom stereocenters. The second kappa shape index (κ2) is 22.3. The third-order valence-electron chi connectivity index (χ3n) is 18.2. The Kier molecular flexibility index (Phi) is 15.6. The minimum absolute atomic E-state index is 0.0472. The van der Waals surface area contributed by atoms with Gasteiger partial charge in [-0.3, -0.25) is 4.79 Å². The van der Waals surface area contributed by atoms with Gasteiger partial charge in [-0.25, -0.2) is 9.59 Å². The number of rotatable bonds is 11. The number of fused-ring (bicyclic) bond motifs is 11. The third-order valence-corrected chi connectivity index (χ3v) is 18.2. The lowest BCUT2D eigenvalue weighted by Crippen LogP contribution is -2.58. The molecule has 74 heavy (non-hydrogen) atoms. The summed E-state index contributed by atoms with van der Waals surface area (Å²) in [7, 11) is 1.51. The van der Waals surface area contributed by atoms with Crippen molar-refractivity contribution in [3.05, 3.63) is 157 Å². The van der Waals surface area contributed by atoms with Gasteiger partial charge in [0.2, 0.25) is 0 Å². The van der Waals surface area contributed by atoms with Crippen LogP contribution in [0.3, 0.4) is 0 Å². The maximum atomic E-state index is 15.4. The summed E-state index contributed by atoms with van der Waals surface area (Å²) in [4.78, 5) is 44.7. The van der Waals surface area contributed by atoms with Gasteiger partial charge in [0.25, 0.3) is 0 Å². The largest absolute Gasteiger partial charge is 0.483 e. The number of methoxy groups -OCH3 is 1. The Hall–Kier alpha value is -5.59. The second-order valence-electron chi connectivity index (χ2n) is 22.3. The van der Waals surface area contributed by atoms with Gasteiger partial charge < -0.3 is 38.7 Å². The van der Waals surface area contributed by atoms with Crippen molar-refractivity contribution in [2.45, 2.75) is 164 Å². The molecule has 4 heterocycles. The van der Waals surface area contributed by atoms with Gasteiger partial charge >= 0.3 is 17.6 Å². The molecule has 6 aliphatic rings. The van der Waals surface area contributed by atoms with Crippen LogP contribution in [-0.4, -0.2) is 65.9 Å². The number of aliphatic hydroxyl groups is 3. The fourth-order valence-corrected chi connectivity index (χ4v) is 14.2. The van der Waals surface area contributed by atoms with Crippen LogP contribution in [0.5, 0.6) is 5.75 Å². The smallest absolute Gasteiger partial charge is 0.340 e. The number of hydrogen-bond acceptors (Lipinski definition) is 11. The Balaban J connectivity index is 1.09. The molecular formula is C63H74O11. The number of aryl methyl sites for hydroxylation is 1. The number of carbonyl (C=O) groups excluding carboxylic acids is 2. The number of carbonyl (C=O) groups is 2. The van der Waals surface area contributed by atoms with Crippen molar-refractivity contribution < 1.29 is 48.3 Å². The number of esters is 2. The van der Waals surface area contributed by atoms with Crippen molar-refractivity contribution in [3.8, 4) is 5.75 Å². The van der Waals surface area contributed by atoms with Crippen molar-refractivity contribution in [2.75, 3.05) is 26.9 Å². The second-order valence-corrected chi connectivity index (χ2v) is 22.3. The van der Waals surface area contributed by atoms with Crippen LogP contribution >= 0.6 is 0 Å². The van der Waals surface area contributed by atoms with Crippen LogP contribution in [0.2, 0.25) is 0 Å². The number of aliphatic hydroxyl groups excluding tert-OH is 3. The average molecular weight is 1010 g/mol. The summed E-state index contributed by atoms with van der Waals surface area (Å²) < 4.78 is 32.6. The Labute approximate surface area is 435 Å². The molecule has 7 atom stereocenters. The molecule has 11 heteroatoms. The highest BCUT2D eigenvalue weighted by Crippen LogP contribution is 2.54. The lowest BCUT2D eigenvalue weighted by molar-refractivity contribution is -0.199. The first kappa shape index (κ1) is 51.9. The van der Waals surface area contributed by atoms with Crippen molar-refractivity contribution in [1.82, 2.24) is 0 Å². The molecule has 2 bridgehead atoms.